The molecule has 0 radical (unpaired) electrons. The Labute approximate surface area is 124 Å². The van der Waals surface area contributed by atoms with E-state index >= 15 is 0 Å². The van der Waals surface area contributed by atoms with Crippen LogP contribution in [0.3, 0.4) is 0 Å². The molecule has 1 aliphatic heterocycles. The fourth-order valence-corrected chi connectivity index (χ4v) is 3.08. The van der Waals surface area contributed by atoms with Gasteiger partial charge in [0, 0.05) is 36.3 Å². The van der Waals surface area contributed by atoms with Crippen molar-refractivity contribution in [2.75, 3.05) is 18.5 Å². The van der Waals surface area contributed by atoms with Crippen LogP contribution in [0.2, 0.25) is 0 Å². The van der Waals surface area contributed by atoms with E-state index in [0.29, 0.717) is 6.42 Å². The van der Waals surface area contributed by atoms with Crippen molar-refractivity contribution in [2.45, 2.75) is 31.7 Å². The van der Waals surface area contributed by atoms with E-state index in [4.69, 9.17) is 5.11 Å². The van der Waals surface area contributed by atoms with Crippen molar-refractivity contribution in [3.05, 3.63) is 30.5 Å². The molecule has 3 rings (SSSR count). The van der Waals surface area contributed by atoms with Crippen LogP contribution >= 0.6 is 0 Å². The summed E-state index contributed by atoms with van der Waals surface area (Å²) in [4.78, 5) is 17.5. The Morgan fingerprint density at radius 1 is 1.38 bits per heavy atom. The Hall–Kier alpha value is -2.01. The molecule has 1 aromatic carbocycles. The molecule has 1 aromatic heterocycles. The highest BCUT2D eigenvalue weighted by atomic mass is 16.3. The molecular formula is C16H21N3O2. The fraction of sp³-hybridized carbons (Fsp3) is 0.438. The number of fused-ring (bicyclic) bond motifs is 1. The maximum Gasteiger partial charge on any atom is 0.322 e. The van der Waals surface area contributed by atoms with Gasteiger partial charge in [-0.25, -0.2) is 4.79 Å². The van der Waals surface area contributed by atoms with Gasteiger partial charge in [0.25, 0.3) is 0 Å². The van der Waals surface area contributed by atoms with Gasteiger partial charge in [0.2, 0.25) is 0 Å². The van der Waals surface area contributed by atoms with Crippen molar-refractivity contribution in [1.82, 2.24) is 9.88 Å². The summed E-state index contributed by atoms with van der Waals surface area (Å²) in [6.45, 7) is 0.889. The fourth-order valence-electron chi connectivity index (χ4n) is 3.08. The number of nitrogens with one attached hydrogen (secondary N) is 2. The minimum Gasteiger partial charge on any atom is -0.396 e. The normalized spacial score (nSPS) is 18.9. The maximum absolute atomic E-state index is 12.5. The van der Waals surface area contributed by atoms with E-state index in [9.17, 15) is 4.79 Å². The highest BCUT2D eigenvalue weighted by Gasteiger charge is 2.26. The van der Waals surface area contributed by atoms with Gasteiger partial charge in [-0.15, -0.1) is 0 Å². The summed E-state index contributed by atoms with van der Waals surface area (Å²) in [5.74, 6) is 0. The topological polar surface area (TPSA) is 68.4 Å². The molecule has 5 nitrogen and oxygen atoms in total. The third-order valence-electron chi connectivity index (χ3n) is 4.18. The zero-order valence-corrected chi connectivity index (χ0v) is 12.0. The monoisotopic (exact) mass is 287 g/mol. The molecule has 1 saturated heterocycles. The third kappa shape index (κ3) is 2.88. The quantitative estimate of drug-likeness (QED) is 0.812. The van der Waals surface area contributed by atoms with Crippen molar-refractivity contribution in [1.29, 1.82) is 0 Å². The zero-order chi connectivity index (χ0) is 14.7. The number of carbonyl (C=O) groups excluding carboxylic acids is 1. The van der Waals surface area contributed by atoms with E-state index in [0.717, 1.165) is 42.4 Å². The summed E-state index contributed by atoms with van der Waals surface area (Å²) < 4.78 is 0. The van der Waals surface area contributed by atoms with Gasteiger partial charge in [-0.05, 0) is 31.7 Å². The van der Waals surface area contributed by atoms with Crippen LogP contribution in [0.25, 0.3) is 10.9 Å². The second-order valence-corrected chi connectivity index (χ2v) is 5.53. The van der Waals surface area contributed by atoms with E-state index in [1.807, 2.05) is 35.4 Å². The second-order valence-electron chi connectivity index (χ2n) is 5.53. The van der Waals surface area contributed by atoms with E-state index in [1.165, 1.54) is 0 Å². The van der Waals surface area contributed by atoms with Crippen molar-refractivity contribution in [3.8, 4) is 0 Å². The van der Waals surface area contributed by atoms with Crippen molar-refractivity contribution < 1.29 is 9.90 Å². The number of para-hydroxylation sites is 1. The predicted molar refractivity (Wildman–Crippen MR) is 83.4 cm³/mol. The lowest BCUT2D eigenvalue weighted by Crippen LogP contribution is -2.46. The van der Waals surface area contributed by atoms with Crippen LogP contribution in [0.5, 0.6) is 0 Å². The molecular weight excluding hydrogens is 266 g/mol. The Bertz CT molecular complexity index is 621. The molecule has 1 aliphatic rings. The van der Waals surface area contributed by atoms with Gasteiger partial charge in [-0.1, -0.05) is 18.2 Å². The van der Waals surface area contributed by atoms with Crippen LogP contribution in [-0.2, 0) is 0 Å². The Balaban J connectivity index is 1.75. The minimum absolute atomic E-state index is 0.0714. The number of H-pyrrole nitrogens is 1. The van der Waals surface area contributed by atoms with E-state index in [1.54, 1.807) is 0 Å². The molecule has 3 N–H and O–H groups in total. The number of carbonyl (C=O) groups is 1. The molecule has 112 valence electrons. The van der Waals surface area contributed by atoms with Crippen LogP contribution in [0, 0.1) is 0 Å². The smallest absolute Gasteiger partial charge is 0.322 e. The first kappa shape index (κ1) is 13.9. The van der Waals surface area contributed by atoms with Gasteiger partial charge < -0.3 is 20.3 Å². The van der Waals surface area contributed by atoms with Crippen molar-refractivity contribution >= 4 is 22.6 Å². The average Bonchev–Trinajstić information content (AvgIpc) is 2.91. The molecule has 0 aliphatic carbocycles. The molecule has 5 heteroatoms. The molecule has 0 saturated carbocycles. The number of urea groups is 1. The lowest BCUT2D eigenvalue weighted by Gasteiger charge is -2.35. The van der Waals surface area contributed by atoms with Gasteiger partial charge in [0.1, 0.15) is 0 Å². The number of aliphatic hydroxyl groups excluding tert-OH is 1. The number of nitrogens with zero attached hydrogens (tertiary/aromatic N) is 1. The molecule has 2 aromatic rings. The summed E-state index contributed by atoms with van der Waals surface area (Å²) >= 11 is 0. The van der Waals surface area contributed by atoms with Gasteiger partial charge in [0.15, 0.2) is 0 Å². The first-order valence-corrected chi connectivity index (χ1v) is 7.54. The number of aromatic nitrogens is 1. The average molecular weight is 287 g/mol. The Kier molecular flexibility index (Phi) is 4.10. The van der Waals surface area contributed by atoms with E-state index < -0.39 is 0 Å². The summed E-state index contributed by atoms with van der Waals surface area (Å²) in [6, 6.07) is 7.98. The number of aromatic amines is 1. The van der Waals surface area contributed by atoms with E-state index in [-0.39, 0.29) is 18.7 Å². The molecule has 1 fully saturated rings. The number of likely N-dealkylation sites (tertiary alicyclic amines) is 1. The summed E-state index contributed by atoms with van der Waals surface area (Å²) in [5, 5.41) is 13.2. The number of piperidine rings is 1. The number of benzene rings is 1. The van der Waals surface area contributed by atoms with Gasteiger partial charge in [-0.2, -0.15) is 0 Å². The SMILES string of the molecule is O=C(Nc1c[nH]c2ccccc12)N1CCCC[C@@H]1CCO. The predicted octanol–water partition coefficient (Wildman–Crippen LogP) is 2.94. The maximum atomic E-state index is 12.5. The molecule has 0 unspecified atom stereocenters. The number of hydrogen-bond donors (Lipinski definition) is 3. The van der Waals surface area contributed by atoms with Crippen LogP contribution < -0.4 is 5.32 Å². The second kappa shape index (κ2) is 6.18. The molecule has 2 amide bonds. The zero-order valence-electron chi connectivity index (χ0n) is 12.0. The van der Waals surface area contributed by atoms with Crippen LogP contribution in [0.15, 0.2) is 30.5 Å². The number of amides is 2. The minimum atomic E-state index is -0.0714. The number of anilines is 1. The molecule has 0 spiro atoms. The first-order chi connectivity index (χ1) is 10.3. The van der Waals surface area contributed by atoms with Gasteiger partial charge in [-0.3, -0.25) is 0 Å². The highest BCUT2D eigenvalue weighted by Crippen LogP contribution is 2.25. The van der Waals surface area contributed by atoms with Gasteiger partial charge in [0.05, 0.1) is 5.69 Å². The highest BCUT2D eigenvalue weighted by molar-refractivity contribution is 6.01. The number of rotatable bonds is 3. The number of aliphatic hydroxyl groups is 1. The summed E-state index contributed by atoms with van der Waals surface area (Å²) in [6.07, 6.45) is 5.61. The lowest BCUT2D eigenvalue weighted by molar-refractivity contribution is 0.141. The Morgan fingerprint density at radius 2 is 2.24 bits per heavy atom. The largest absolute Gasteiger partial charge is 0.396 e. The lowest BCUT2D eigenvalue weighted by atomic mass is 10.0. The molecule has 0 bridgehead atoms. The Morgan fingerprint density at radius 3 is 3.10 bits per heavy atom. The summed E-state index contributed by atoms with van der Waals surface area (Å²) in [7, 11) is 0. The van der Waals surface area contributed by atoms with Crippen LogP contribution in [0.4, 0.5) is 10.5 Å². The third-order valence-corrected chi connectivity index (χ3v) is 4.18. The van der Waals surface area contributed by atoms with Gasteiger partial charge >= 0.3 is 6.03 Å². The number of hydrogen-bond acceptors (Lipinski definition) is 2. The molecule has 2 heterocycles. The van der Waals surface area contributed by atoms with Crippen LogP contribution in [-0.4, -0.2) is 40.2 Å². The summed E-state index contributed by atoms with van der Waals surface area (Å²) in [5.41, 5.74) is 1.82. The first-order valence-electron chi connectivity index (χ1n) is 7.54. The van der Waals surface area contributed by atoms with E-state index in [2.05, 4.69) is 10.3 Å². The standard InChI is InChI=1S/C16H21N3O2/c20-10-8-12-5-3-4-9-19(12)16(21)18-15-11-17-14-7-2-1-6-13(14)15/h1-2,6-7,11-12,17,20H,3-5,8-10H2,(H,18,21)/t12-/m1/s1. The van der Waals surface area contributed by atoms with Crippen LogP contribution in [0.1, 0.15) is 25.7 Å². The molecule has 21 heavy (non-hydrogen) atoms. The molecule has 1 atom stereocenters. The van der Waals surface area contributed by atoms with Crippen molar-refractivity contribution in [2.24, 2.45) is 0 Å². The van der Waals surface area contributed by atoms with Crippen molar-refractivity contribution in [3.63, 3.8) is 0 Å².